The van der Waals surface area contributed by atoms with Crippen molar-refractivity contribution in [1.82, 2.24) is 5.16 Å². The molecule has 3 aromatic rings. The quantitative estimate of drug-likeness (QED) is 0.368. The molecule has 1 amide bonds. The van der Waals surface area contributed by atoms with Crippen LogP contribution in [0.1, 0.15) is 22.9 Å². The molecule has 0 radical (unpaired) electrons. The van der Waals surface area contributed by atoms with E-state index in [1.165, 1.54) is 56.7 Å². The van der Waals surface area contributed by atoms with Crippen molar-refractivity contribution in [2.75, 3.05) is 19.1 Å². The number of anilines is 1. The maximum atomic E-state index is 13.6. The summed E-state index contributed by atoms with van der Waals surface area (Å²) in [4.78, 5) is 27.1. The minimum absolute atomic E-state index is 0.102. The summed E-state index contributed by atoms with van der Waals surface area (Å²) in [5, 5.41) is 15.0. The molecule has 1 saturated heterocycles. The van der Waals surface area contributed by atoms with Gasteiger partial charge in [-0.1, -0.05) is 17.3 Å². The Kier molecular flexibility index (Phi) is 5.40. The van der Waals surface area contributed by atoms with Gasteiger partial charge in [-0.2, -0.15) is 0 Å². The molecule has 0 spiro atoms. The fraction of sp³-hybridized carbons (Fsp3) is 0.174. The van der Waals surface area contributed by atoms with Gasteiger partial charge in [0.2, 0.25) is 0 Å². The largest absolute Gasteiger partial charge is 0.507 e. The van der Waals surface area contributed by atoms with Gasteiger partial charge in [0, 0.05) is 11.6 Å². The molecule has 1 fully saturated rings. The summed E-state index contributed by atoms with van der Waals surface area (Å²) in [5.41, 5.74) is 0.479. The van der Waals surface area contributed by atoms with Crippen LogP contribution >= 0.6 is 0 Å². The summed E-state index contributed by atoms with van der Waals surface area (Å²) in [5.74, 6) is -1.41. The standard InChI is InChI=1S/C23H19FN2O6/c1-12-10-18(25-32-12)26-20(13-4-7-15(24)8-5-13)19(22(28)23(26)29)21(27)14-6-9-16(30-2)17(11-14)31-3/h4-11,20,27H,1-3H3/b21-19-. The fourth-order valence-corrected chi connectivity index (χ4v) is 3.64. The van der Waals surface area contributed by atoms with Gasteiger partial charge < -0.3 is 19.1 Å². The van der Waals surface area contributed by atoms with Gasteiger partial charge in [-0.15, -0.1) is 0 Å². The molecule has 0 aliphatic carbocycles. The Hall–Kier alpha value is -4.14. The number of methoxy groups -OCH3 is 2. The smallest absolute Gasteiger partial charge is 0.301 e. The highest BCUT2D eigenvalue weighted by Gasteiger charge is 2.48. The lowest BCUT2D eigenvalue weighted by Crippen LogP contribution is -2.29. The van der Waals surface area contributed by atoms with E-state index in [-0.39, 0.29) is 17.0 Å². The molecular weight excluding hydrogens is 419 g/mol. The first-order valence-corrected chi connectivity index (χ1v) is 9.58. The van der Waals surface area contributed by atoms with Gasteiger partial charge in [0.25, 0.3) is 5.78 Å². The summed E-state index contributed by atoms with van der Waals surface area (Å²) < 4.78 is 29.1. The van der Waals surface area contributed by atoms with Gasteiger partial charge in [-0.3, -0.25) is 14.5 Å². The van der Waals surface area contributed by atoms with Crippen LogP contribution in [0.25, 0.3) is 5.76 Å². The van der Waals surface area contributed by atoms with Gasteiger partial charge >= 0.3 is 5.91 Å². The molecule has 1 aliphatic rings. The van der Waals surface area contributed by atoms with Crippen LogP contribution in [0.2, 0.25) is 0 Å². The number of aryl methyl sites for hydroxylation is 1. The van der Waals surface area contributed by atoms with E-state index in [0.717, 1.165) is 4.90 Å². The Morgan fingerprint density at radius 1 is 1.06 bits per heavy atom. The predicted octanol–water partition coefficient (Wildman–Crippen LogP) is 3.77. The first-order chi connectivity index (χ1) is 15.3. The van der Waals surface area contributed by atoms with Crippen LogP contribution in [0.4, 0.5) is 10.2 Å². The van der Waals surface area contributed by atoms with Crippen LogP contribution in [0.5, 0.6) is 11.5 Å². The van der Waals surface area contributed by atoms with Gasteiger partial charge in [-0.05, 0) is 42.8 Å². The molecule has 1 unspecified atom stereocenters. The Morgan fingerprint density at radius 2 is 1.75 bits per heavy atom. The Bertz CT molecular complexity index is 1230. The maximum Gasteiger partial charge on any atom is 0.301 e. The van der Waals surface area contributed by atoms with E-state index in [1.54, 1.807) is 13.0 Å². The molecule has 32 heavy (non-hydrogen) atoms. The summed E-state index contributed by atoms with van der Waals surface area (Å²) in [6.07, 6.45) is 0. The van der Waals surface area contributed by atoms with Crippen molar-refractivity contribution in [2.45, 2.75) is 13.0 Å². The minimum atomic E-state index is -1.05. The Morgan fingerprint density at radius 3 is 2.34 bits per heavy atom. The number of nitrogens with zero attached hydrogens (tertiary/aromatic N) is 2. The number of aliphatic hydroxyl groups excluding tert-OH is 1. The van der Waals surface area contributed by atoms with E-state index >= 15 is 0 Å². The zero-order chi connectivity index (χ0) is 23.0. The monoisotopic (exact) mass is 438 g/mol. The third kappa shape index (κ3) is 3.47. The van der Waals surface area contributed by atoms with Crippen molar-refractivity contribution >= 4 is 23.3 Å². The average Bonchev–Trinajstić information content (AvgIpc) is 3.34. The average molecular weight is 438 g/mol. The highest BCUT2D eigenvalue weighted by molar-refractivity contribution is 6.51. The summed E-state index contributed by atoms with van der Waals surface area (Å²) in [6.45, 7) is 1.64. The molecule has 0 saturated carbocycles. The maximum absolute atomic E-state index is 13.6. The molecule has 2 heterocycles. The summed E-state index contributed by atoms with van der Waals surface area (Å²) >= 11 is 0. The molecule has 2 aromatic carbocycles. The number of Topliss-reactive ketones (excluding diaryl/α,β-unsaturated/α-hetero) is 1. The number of halogens is 1. The number of amides is 1. The topological polar surface area (TPSA) is 102 Å². The van der Waals surface area contributed by atoms with Gasteiger partial charge in [-0.25, -0.2) is 4.39 Å². The molecular formula is C23H19FN2O6. The molecule has 9 heteroatoms. The van der Waals surface area contributed by atoms with Crippen LogP contribution in [-0.2, 0) is 9.59 Å². The first-order valence-electron chi connectivity index (χ1n) is 9.58. The van der Waals surface area contributed by atoms with Crippen molar-refractivity contribution in [1.29, 1.82) is 0 Å². The van der Waals surface area contributed by atoms with Crippen molar-refractivity contribution in [3.63, 3.8) is 0 Å². The second kappa shape index (κ2) is 8.18. The number of ether oxygens (including phenoxy) is 2. The molecule has 0 bridgehead atoms. The molecule has 1 atom stereocenters. The minimum Gasteiger partial charge on any atom is -0.507 e. The summed E-state index contributed by atoms with van der Waals surface area (Å²) in [7, 11) is 2.91. The lowest BCUT2D eigenvalue weighted by molar-refractivity contribution is -0.132. The number of carbonyl (C=O) groups excluding carboxylic acids is 2. The van der Waals surface area contributed by atoms with Crippen LogP contribution in [0.15, 0.2) is 58.6 Å². The van der Waals surface area contributed by atoms with Crippen molar-refractivity contribution in [3.05, 3.63) is 76.8 Å². The number of benzene rings is 2. The Labute approximate surface area is 182 Å². The van der Waals surface area contributed by atoms with Crippen LogP contribution in [0, 0.1) is 12.7 Å². The van der Waals surface area contributed by atoms with Crippen LogP contribution < -0.4 is 14.4 Å². The number of rotatable bonds is 5. The van der Waals surface area contributed by atoms with Gasteiger partial charge in [0.05, 0.1) is 25.8 Å². The van der Waals surface area contributed by atoms with E-state index in [0.29, 0.717) is 22.8 Å². The van der Waals surface area contributed by atoms with Crippen LogP contribution in [0.3, 0.4) is 0 Å². The second-order valence-corrected chi connectivity index (χ2v) is 7.09. The van der Waals surface area contributed by atoms with Gasteiger partial charge in [0.15, 0.2) is 17.3 Å². The third-order valence-electron chi connectivity index (χ3n) is 5.15. The van der Waals surface area contributed by atoms with E-state index in [9.17, 15) is 19.1 Å². The number of aliphatic hydroxyl groups is 1. The molecule has 164 valence electrons. The highest BCUT2D eigenvalue weighted by Crippen LogP contribution is 2.42. The lowest BCUT2D eigenvalue weighted by atomic mass is 9.95. The number of ketones is 1. The fourth-order valence-electron chi connectivity index (χ4n) is 3.64. The normalized spacial score (nSPS) is 17.6. The molecule has 1 N–H and O–H groups in total. The van der Waals surface area contributed by atoms with E-state index < -0.39 is 29.3 Å². The first kappa shape index (κ1) is 21.1. The van der Waals surface area contributed by atoms with E-state index in [2.05, 4.69) is 5.16 Å². The zero-order valence-corrected chi connectivity index (χ0v) is 17.5. The van der Waals surface area contributed by atoms with E-state index in [1.807, 2.05) is 0 Å². The number of carbonyl (C=O) groups is 2. The number of hydrogen-bond acceptors (Lipinski definition) is 7. The predicted molar refractivity (Wildman–Crippen MR) is 112 cm³/mol. The van der Waals surface area contributed by atoms with Crippen molar-refractivity contribution < 1.29 is 33.1 Å². The summed E-state index contributed by atoms with van der Waals surface area (Å²) in [6, 6.07) is 10.3. The molecule has 8 nitrogen and oxygen atoms in total. The third-order valence-corrected chi connectivity index (χ3v) is 5.15. The molecule has 4 rings (SSSR count). The molecule has 1 aliphatic heterocycles. The molecule has 1 aromatic heterocycles. The van der Waals surface area contributed by atoms with Crippen LogP contribution in [-0.4, -0.2) is 36.2 Å². The van der Waals surface area contributed by atoms with Gasteiger partial charge in [0.1, 0.15) is 17.3 Å². The number of hydrogen-bond donors (Lipinski definition) is 1. The lowest BCUT2D eigenvalue weighted by Gasteiger charge is -2.22. The highest BCUT2D eigenvalue weighted by atomic mass is 19.1. The second-order valence-electron chi connectivity index (χ2n) is 7.09. The Balaban J connectivity index is 1.93. The zero-order valence-electron chi connectivity index (χ0n) is 17.5. The number of aromatic nitrogens is 1. The van der Waals surface area contributed by atoms with Crippen molar-refractivity contribution in [3.8, 4) is 11.5 Å². The van der Waals surface area contributed by atoms with Crippen molar-refractivity contribution in [2.24, 2.45) is 0 Å². The van der Waals surface area contributed by atoms with E-state index in [4.69, 9.17) is 14.0 Å². The SMILES string of the molecule is COc1ccc(/C(O)=C2/C(=O)C(=O)N(c3cc(C)on3)C2c2ccc(F)cc2)cc1OC.